The minimum atomic E-state index is -0.315. The van der Waals surface area contributed by atoms with Gasteiger partial charge in [-0.1, -0.05) is 13.8 Å². The number of nitrogens with two attached hydrogens (primary N) is 1. The topological polar surface area (TPSA) is 81.3 Å². The van der Waals surface area contributed by atoms with Gasteiger partial charge in [0.25, 0.3) is 0 Å². The van der Waals surface area contributed by atoms with E-state index in [-0.39, 0.29) is 18.4 Å². The van der Waals surface area contributed by atoms with E-state index in [0.717, 1.165) is 28.3 Å². The second-order valence-electron chi connectivity index (χ2n) is 6.73. The van der Waals surface area contributed by atoms with Crippen LogP contribution >= 0.6 is 11.3 Å². The van der Waals surface area contributed by atoms with Crippen LogP contribution in [-0.2, 0) is 16.0 Å². The van der Waals surface area contributed by atoms with Gasteiger partial charge in [0.2, 0.25) is 5.91 Å². The Morgan fingerprint density at radius 3 is 3.00 bits per heavy atom. The Bertz CT molecular complexity index is 744. The predicted molar refractivity (Wildman–Crippen MR) is 96.5 cm³/mol. The Morgan fingerprint density at radius 2 is 2.29 bits per heavy atom. The molecule has 0 bridgehead atoms. The number of ether oxygens (including phenoxy) is 1. The highest BCUT2D eigenvalue weighted by molar-refractivity contribution is 7.17. The number of morpholine rings is 1. The van der Waals surface area contributed by atoms with Crippen molar-refractivity contribution in [2.24, 2.45) is 11.7 Å². The lowest BCUT2D eigenvalue weighted by Gasteiger charge is -2.36. The van der Waals surface area contributed by atoms with E-state index >= 15 is 0 Å². The van der Waals surface area contributed by atoms with E-state index in [2.05, 4.69) is 29.1 Å². The number of amides is 1. The van der Waals surface area contributed by atoms with E-state index in [4.69, 9.17) is 15.5 Å². The number of thiophene rings is 1. The molecule has 1 saturated heterocycles. The van der Waals surface area contributed by atoms with Crippen molar-refractivity contribution in [2.45, 2.75) is 39.7 Å². The third-order valence-electron chi connectivity index (χ3n) is 4.17. The zero-order chi connectivity index (χ0) is 17.3. The highest BCUT2D eigenvalue weighted by Crippen LogP contribution is 2.35. The van der Waals surface area contributed by atoms with Gasteiger partial charge < -0.3 is 15.4 Å². The number of nitrogens with zero attached hydrogens (tertiary/aromatic N) is 3. The molecular weight excluding hydrogens is 324 g/mol. The molecule has 0 spiro atoms. The number of anilines is 1. The van der Waals surface area contributed by atoms with Gasteiger partial charge in [0, 0.05) is 13.0 Å². The molecule has 0 radical (unpaired) electrons. The molecular formula is C17H24N4O2S. The minimum Gasteiger partial charge on any atom is -0.377 e. The maximum atomic E-state index is 11.4. The molecule has 2 aromatic rings. The molecule has 1 aliphatic rings. The number of hydrogen-bond acceptors (Lipinski definition) is 6. The summed E-state index contributed by atoms with van der Waals surface area (Å²) in [5.74, 6) is 1.91. The number of primary amides is 1. The Labute approximate surface area is 146 Å². The Morgan fingerprint density at radius 1 is 1.50 bits per heavy atom. The van der Waals surface area contributed by atoms with E-state index in [1.807, 2.05) is 6.92 Å². The van der Waals surface area contributed by atoms with Crippen molar-refractivity contribution < 1.29 is 9.53 Å². The molecule has 0 saturated carbocycles. The normalized spacial score (nSPS) is 18.5. The standard InChI is InChI=1S/C17H24N4O2S/c1-10(2)6-12-9-24-17-15(12)16(19-11(3)20-17)21-4-5-23-8-13(21)7-14(18)22/h9-10,13H,4-8H2,1-3H3,(H2,18,22). The van der Waals surface area contributed by atoms with Gasteiger partial charge in [-0.15, -0.1) is 11.3 Å². The zero-order valence-electron chi connectivity index (χ0n) is 14.4. The summed E-state index contributed by atoms with van der Waals surface area (Å²) in [4.78, 5) is 24.0. The van der Waals surface area contributed by atoms with Gasteiger partial charge in [-0.25, -0.2) is 9.97 Å². The molecule has 130 valence electrons. The predicted octanol–water partition coefficient (Wildman–Crippen LogP) is 2.28. The lowest BCUT2D eigenvalue weighted by Crippen LogP contribution is -2.48. The summed E-state index contributed by atoms with van der Waals surface area (Å²) < 4.78 is 5.56. The van der Waals surface area contributed by atoms with E-state index < -0.39 is 0 Å². The van der Waals surface area contributed by atoms with E-state index in [1.54, 1.807) is 11.3 Å². The molecule has 1 amide bonds. The third kappa shape index (κ3) is 3.52. The van der Waals surface area contributed by atoms with Crippen LogP contribution in [0.2, 0.25) is 0 Å². The second-order valence-corrected chi connectivity index (χ2v) is 7.58. The van der Waals surface area contributed by atoms with Crippen LogP contribution in [0.15, 0.2) is 5.38 Å². The van der Waals surface area contributed by atoms with Gasteiger partial charge in [0.05, 0.1) is 24.6 Å². The van der Waals surface area contributed by atoms with Gasteiger partial charge in [-0.3, -0.25) is 4.79 Å². The minimum absolute atomic E-state index is 0.0689. The number of hydrogen-bond donors (Lipinski definition) is 1. The fraction of sp³-hybridized carbons (Fsp3) is 0.588. The van der Waals surface area contributed by atoms with Gasteiger partial charge in [0.15, 0.2) is 0 Å². The first-order valence-electron chi connectivity index (χ1n) is 8.33. The highest BCUT2D eigenvalue weighted by Gasteiger charge is 2.28. The van der Waals surface area contributed by atoms with Crippen LogP contribution in [0.5, 0.6) is 0 Å². The first-order chi connectivity index (χ1) is 11.5. The summed E-state index contributed by atoms with van der Waals surface area (Å²) in [6.45, 7) is 8.17. The molecule has 24 heavy (non-hydrogen) atoms. The summed E-state index contributed by atoms with van der Waals surface area (Å²) in [5, 5.41) is 3.31. The monoisotopic (exact) mass is 348 g/mol. The average molecular weight is 348 g/mol. The summed E-state index contributed by atoms with van der Waals surface area (Å²) in [6.07, 6.45) is 1.26. The van der Waals surface area contributed by atoms with E-state index in [1.165, 1.54) is 5.56 Å². The number of rotatable bonds is 5. The number of aromatic nitrogens is 2. The van der Waals surface area contributed by atoms with Crippen LogP contribution in [0.4, 0.5) is 5.82 Å². The van der Waals surface area contributed by atoms with Crippen molar-refractivity contribution >= 4 is 33.3 Å². The molecule has 6 nitrogen and oxygen atoms in total. The van der Waals surface area contributed by atoms with Crippen molar-refractivity contribution in [1.82, 2.24) is 9.97 Å². The highest BCUT2D eigenvalue weighted by atomic mass is 32.1. The average Bonchev–Trinajstić information content (AvgIpc) is 2.88. The molecule has 1 unspecified atom stereocenters. The summed E-state index contributed by atoms with van der Waals surface area (Å²) >= 11 is 1.66. The molecule has 0 aliphatic carbocycles. The Hall–Kier alpha value is -1.73. The van der Waals surface area contributed by atoms with Crippen molar-refractivity contribution in [2.75, 3.05) is 24.7 Å². The molecule has 3 heterocycles. The lowest BCUT2D eigenvalue weighted by atomic mass is 10.0. The molecule has 2 N–H and O–H groups in total. The second kappa shape index (κ2) is 7.03. The fourth-order valence-electron chi connectivity index (χ4n) is 3.22. The molecule has 0 aromatic carbocycles. The van der Waals surface area contributed by atoms with E-state index in [0.29, 0.717) is 25.7 Å². The van der Waals surface area contributed by atoms with Crippen molar-refractivity contribution in [3.05, 3.63) is 16.8 Å². The number of carbonyl (C=O) groups excluding carboxylic acids is 1. The quantitative estimate of drug-likeness (QED) is 0.896. The first-order valence-corrected chi connectivity index (χ1v) is 9.21. The van der Waals surface area contributed by atoms with Crippen molar-refractivity contribution in [3.63, 3.8) is 0 Å². The number of aryl methyl sites for hydroxylation is 1. The first kappa shape index (κ1) is 17.1. The summed E-state index contributed by atoms with van der Waals surface area (Å²) in [7, 11) is 0. The third-order valence-corrected chi connectivity index (χ3v) is 5.09. The molecule has 1 aliphatic heterocycles. The largest absolute Gasteiger partial charge is 0.377 e. The molecule has 2 aromatic heterocycles. The van der Waals surface area contributed by atoms with Crippen molar-refractivity contribution in [3.8, 4) is 0 Å². The fourth-order valence-corrected chi connectivity index (χ4v) is 4.21. The van der Waals surface area contributed by atoms with Crippen LogP contribution in [0.25, 0.3) is 10.2 Å². The molecule has 1 fully saturated rings. The summed E-state index contributed by atoms with van der Waals surface area (Å²) in [5.41, 5.74) is 6.71. The maximum Gasteiger partial charge on any atom is 0.219 e. The number of fused-ring (bicyclic) bond motifs is 1. The van der Waals surface area contributed by atoms with Crippen LogP contribution in [0.1, 0.15) is 31.7 Å². The van der Waals surface area contributed by atoms with Gasteiger partial charge in [0.1, 0.15) is 16.5 Å². The van der Waals surface area contributed by atoms with Crippen molar-refractivity contribution in [1.29, 1.82) is 0 Å². The van der Waals surface area contributed by atoms with Crippen LogP contribution in [-0.4, -0.2) is 41.7 Å². The molecule has 3 rings (SSSR count). The maximum absolute atomic E-state index is 11.4. The van der Waals surface area contributed by atoms with Crippen LogP contribution in [0.3, 0.4) is 0 Å². The van der Waals surface area contributed by atoms with E-state index in [9.17, 15) is 4.79 Å². The number of carbonyl (C=O) groups is 1. The van der Waals surface area contributed by atoms with Crippen LogP contribution < -0.4 is 10.6 Å². The lowest BCUT2D eigenvalue weighted by molar-refractivity contribution is -0.118. The SMILES string of the molecule is Cc1nc(N2CCOCC2CC(N)=O)c2c(CC(C)C)csc2n1. The smallest absolute Gasteiger partial charge is 0.219 e. The Kier molecular flexibility index (Phi) is 5.01. The zero-order valence-corrected chi connectivity index (χ0v) is 15.2. The molecule has 7 heteroatoms. The van der Waals surface area contributed by atoms with Gasteiger partial charge >= 0.3 is 0 Å². The van der Waals surface area contributed by atoms with Gasteiger partial charge in [-0.05, 0) is 30.2 Å². The summed E-state index contributed by atoms with van der Waals surface area (Å²) in [6, 6.07) is -0.0689. The van der Waals surface area contributed by atoms with Gasteiger partial charge in [-0.2, -0.15) is 0 Å². The molecule has 1 atom stereocenters. The Balaban J connectivity index is 2.08. The van der Waals surface area contributed by atoms with Crippen LogP contribution in [0, 0.1) is 12.8 Å².